The van der Waals surface area contributed by atoms with E-state index in [-0.39, 0.29) is 23.4 Å². The molecule has 25 heavy (non-hydrogen) atoms. The lowest BCUT2D eigenvalue weighted by molar-refractivity contribution is -0.133. The van der Waals surface area contributed by atoms with Crippen LogP contribution in [0.4, 0.5) is 0 Å². The second kappa shape index (κ2) is 7.96. The molecule has 0 aliphatic heterocycles. The van der Waals surface area contributed by atoms with Crippen LogP contribution in [0.25, 0.3) is 0 Å². The smallest absolute Gasteiger partial charge is 0.273 e. The Morgan fingerprint density at radius 2 is 2.04 bits per heavy atom. The first-order valence-corrected chi connectivity index (χ1v) is 8.74. The molecule has 0 saturated heterocycles. The molecule has 6 nitrogen and oxygen atoms in total. The molecule has 0 spiro atoms. The molecule has 1 aromatic heterocycles. The second-order valence-electron chi connectivity index (χ2n) is 6.31. The Hall–Kier alpha value is -2.63. The fraction of sp³-hybridized carbons (Fsp3) is 0.421. The second-order valence-corrected chi connectivity index (χ2v) is 6.31. The molecule has 2 aromatic rings. The number of carbonyl (C=O) groups excluding carboxylic acids is 2. The normalized spacial score (nSPS) is 13.5. The van der Waals surface area contributed by atoms with Crippen LogP contribution in [0.15, 0.2) is 40.9 Å². The van der Waals surface area contributed by atoms with Gasteiger partial charge in [-0.3, -0.25) is 9.59 Å². The highest BCUT2D eigenvalue weighted by Crippen LogP contribution is 2.31. The average Bonchev–Trinajstić information content (AvgIpc) is 3.37. The maximum Gasteiger partial charge on any atom is 0.273 e. The average molecular weight is 341 g/mol. The maximum atomic E-state index is 12.6. The van der Waals surface area contributed by atoms with Gasteiger partial charge in [0.2, 0.25) is 5.91 Å². The molecule has 2 amide bonds. The van der Waals surface area contributed by atoms with Crippen molar-refractivity contribution in [1.82, 2.24) is 15.4 Å². The van der Waals surface area contributed by atoms with Crippen molar-refractivity contribution < 1.29 is 14.1 Å². The summed E-state index contributed by atoms with van der Waals surface area (Å²) in [5.74, 6) is 0.568. The predicted octanol–water partition coefficient (Wildman–Crippen LogP) is 2.41. The van der Waals surface area contributed by atoms with Crippen molar-refractivity contribution in [1.29, 1.82) is 0 Å². The third kappa shape index (κ3) is 4.68. The van der Waals surface area contributed by atoms with Gasteiger partial charge in [-0.15, -0.1) is 0 Å². The molecule has 0 atom stereocenters. The Bertz CT molecular complexity index is 723. The minimum absolute atomic E-state index is 0.140. The number of carbonyl (C=O) groups is 2. The number of aromatic nitrogens is 1. The summed E-state index contributed by atoms with van der Waals surface area (Å²) in [6, 6.07) is 11.7. The highest BCUT2D eigenvalue weighted by molar-refractivity contribution is 5.92. The number of rotatable bonds is 8. The maximum absolute atomic E-state index is 12.6. The van der Waals surface area contributed by atoms with E-state index in [9.17, 15) is 9.59 Å². The van der Waals surface area contributed by atoms with Crippen LogP contribution in [0.1, 0.15) is 41.6 Å². The lowest BCUT2D eigenvalue weighted by Gasteiger charge is -2.21. The molecular weight excluding hydrogens is 318 g/mol. The van der Waals surface area contributed by atoms with Crippen molar-refractivity contribution in [2.24, 2.45) is 5.92 Å². The molecule has 1 aromatic carbocycles. The van der Waals surface area contributed by atoms with Crippen molar-refractivity contribution >= 4 is 11.8 Å². The molecule has 0 radical (unpaired) electrons. The summed E-state index contributed by atoms with van der Waals surface area (Å²) in [4.78, 5) is 26.2. The summed E-state index contributed by atoms with van der Waals surface area (Å²) in [6.07, 6.45) is 2.71. The third-order valence-electron chi connectivity index (χ3n) is 4.23. The number of nitrogens with one attached hydrogen (secondary N) is 1. The summed E-state index contributed by atoms with van der Waals surface area (Å²) in [6.45, 7) is 3.34. The van der Waals surface area contributed by atoms with Crippen LogP contribution < -0.4 is 5.32 Å². The first kappa shape index (κ1) is 17.2. The highest BCUT2D eigenvalue weighted by atomic mass is 16.5. The van der Waals surface area contributed by atoms with Gasteiger partial charge in [-0.2, -0.15) is 0 Å². The van der Waals surface area contributed by atoms with Crippen LogP contribution in [0.3, 0.4) is 0 Å². The van der Waals surface area contributed by atoms with E-state index in [1.165, 1.54) is 5.56 Å². The van der Waals surface area contributed by atoms with Crippen molar-refractivity contribution in [3.05, 3.63) is 53.4 Å². The van der Waals surface area contributed by atoms with Crippen LogP contribution in [-0.2, 0) is 17.8 Å². The zero-order valence-corrected chi connectivity index (χ0v) is 14.4. The standard InChI is InChI=1S/C19H23N3O3/c1-2-20-18(23)17-12-16(25-21-17)13-22(19(24)15-8-9-15)11-10-14-6-4-3-5-7-14/h3-7,12,15H,2,8-11,13H2,1H3,(H,20,23). The van der Waals surface area contributed by atoms with Crippen LogP contribution in [0.2, 0.25) is 0 Å². The molecule has 132 valence electrons. The van der Waals surface area contributed by atoms with Gasteiger partial charge in [-0.1, -0.05) is 35.5 Å². The Balaban J connectivity index is 1.65. The van der Waals surface area contributed by atoms with E-state index in [1.54, 1.807) is 6.07 Å². The summed E-state index contributed by atoms with van der Waals surface area (Å²) < 4.78 is 5.26. The highest BCUT2D eigenvalue weighted by Gasteiger charge is 2.33. The SMILES string of the molecule is CCNC(=O)c1cc(CN(CCc2ccccc2)C(=O)C2CC2)on1. The number of hydrogen-bond donors (Lipinski definition) is 1. The van der Waals surface area contributed by atoms with E-state index in [0.29, 0.717) is 25.4 Å². The van der Waals surface area contributed by atoms with E-state index in [1.807, 2.05) is 30.0 Å². The van der Waals surface area contributed by atoms with Crippen LogP contribution in [0.5, 0.6) is 0 Å². The van der Waals surface area contributed by atoms with Gasteiger partial charge in [0.05, 0.1) is 6.54 Å². The van der Waals surface area contributed by atoms with E-state index in [4.69, 9.17) is 4.52 Å². The van der Waals surface area contributed by atoms with E-state index < -0.39 is 0 Å². The van der Waals surface area contributed by atoms with Gasteiger partial charge < -0.3 is 14.7 Å². The number of hydrogen-bond acceptors (Lipinski definition) is 4. The molecule has 0 bridgehead atoms. The van der Waals surface area contributed by atoms with Gasteiger partial charge in [0, 0.05) is 25.1 Å². The zero-order valence-electron chi connectivity index (χ0n) is 14.4. The number of amides is 2. The lowest BCUT2D eigenvalue weighted by Crippen LogP contribution is -2.33. The minimum atomic E-state index is -0.262. The largest absolute Gasteiger partial charge is 0.359 e. The fourth-order valence-corrected chi connectivity index (χ4v) is 2.70. The first-order valence-electron chi connectivity index (χ1n) is 8.74. The quantitative estimate of drug-likeness (QED) is 0.800. The van der Waals surface area contributed by atoms with Crippen molar-refractivity contribution in [2.45, 2.75) is 32.7 Å². The summed E-state index contributed by atoms with van der Waals surface area (Å²) in [5.41, 5.74) is 1.44. The van der Waals surface area contributed by atoms with Gasteiger partial charge >= 0.3 is 0 Å². The molecule has 1 aliphatic carbocycles. The summed E-state index contributed by atoms with van der Waals surface area (Å²) in [5, 5.41) is 6.49. The molecule has 1 saturated carbocycles. The molecule has 1 heterocycles. The molecular formula is C19H23N3O3. The van der Waals surface area contributed by atoms with Gasteiger partial charge in [-0.25, -0.2) is 0 Å². The van der Waals surface area contributed by atoms with Crippen LogP contribution >= 0.6 is 0 Å². The van der Waals surface area contributed by atoms with Gasteiger partial charge in [0.1, 0.15) is 0 Å². The summed E-state index contributed by atoms with van der Waals surface area (Å²) >= 11 is 0. The van der Waals surface area contributed by atoms with E-state index in [0.717, 1.165) is 19.3 Å². The molecule has 1 aliphatic rings. The monoisotopic (exact) mass is 341 g/mol. The minimum Gasteiger partial charge on any atom is -0.359 e. The number of benzene rings is 1. The van der Waals surface area contributed by atoms with Crippen LogP contribution in [-0.4, -0.2) is 35.0 Å². The van der Waals surface area contributed by atoms with E-state index >= 15 is 0 Å². The molecule has 1 N–H and O–H groups in total. The van der Waals surface area contributed by atoms with Gasteiger partial charge in [0.15, 0.2) is 11.5 Å². The third-order valence-corrected chi connectivity index (χ3v) is 4.23. The Morgan fingerprint density at radius 3 is 2.72 bits per heavy atom. The van der Waals surface area contributed by atoms with Crippen LogP contribution in [0, 0.1) is 5.92 Å². The summed E-state index contributed by atoms with van der Waals surface area (Å²) in [7, 11) is 0. The van der Waals surface area contributed by atoms with Crippen molar-refractivity contribution in [2.75, 3.05) is 13.1 Å². The molecule has 0 unspecified atom stereocenters. The molecule has 1 fully saturated rings. The van der Waals surface area contributed by atoms with Gasteiger partial charge in [-0.05, 0) is 31.7 Å². The van der Waals surface area contributed by atoms with Crippen molar-refractivity contribution in [3.8, 4) is 0 Å². The molecule has 6 heteroatoms. The number of nitrogens with zero attached hydrogens (tertiary/aromatic N) is 2. The Labute approximate surface area is 147 Å². The zero-order chi connectivity index (χ0) is 17.6. The van der Waals surface area contributed by atoms with E-state index in [2.05, 4.69) is 22.6 Å². The van der Waals surface area contributed by atoms with Gasteiger partial charge in [0.25, 0.3) is 5.91 Å². The van der Waals surface area contributed by atoms with Crippen molar-refractivity contribution in [3.63, 3.8) is 0 Å². The molecule has 3 rings (SSSR count). The Morgan fingerprint density at radius 1 is 1.28 bits per heavy atom. The lowest BCUT2D eigenvalue weighted by atomic mass is 10.1. The Kier molecular flexibility index (Phi) is 5.48. The predicted molar refractivity (Wildman–Crippen MR) is 92.8 cm³/mol. The fourth-order valence-electron chi connectivity index (χ4n) is 2.70. The topological polar surface area (TPSA) is 75.4 Å². The first-order chi connectivity index (χ1) is 12.2.